The van der Waals surface area contributed by atoms with Crippen molar-refractivity contribution in [3.05, 3.63) is 33.3 Å². The molecule has 0 unspecified atom stereocenters. The van der Waals surface area contributed by atoms with E-state index < -0.39 is 0 Å². The van der Waals surface area contributed by atoms with Crippen LogP contribution in [0.25, 0.3) is 0 Å². The summed E-state index contributed by atoms with van der Waals surface area (Å²) >= 11 is 12.1. The first-order valence-electron chi connectivity index (χ1n) is 4.64. The van der Waals surface area contributed by atoms with Crippen molar-refractivity contribution in [1.82, 2.24) is 0 Å². The molecule has 0 aromatic heterocycles. The van der Waals surface area contributed by atoms with Crippen LogP contribution in [0, 0.1) is 24.7 Å². The van der Waals surface area contributed by atoms with E-state index in [2.05, 4.69) is 11.8 Å². The minimum absolute atomic E-state index is 0.583. The molecule has 2 heteroatoms. The highest BCUT2D eigenvalue weighted by Gasteiger charge is 2.18. The van der Waals surface area contributed by atoms with E-state index in [1.165, 1.54) is 12.8 Å². The summed E-state index contributed by atoms with van der Waals surface area (Å²) in [5.74, 6) is 6.83. The predicted molar refractivity (Wildman–Crippen MR) is 60.8 cm³/mol. The smallest absolute Gasteiger partial charge is 0.0751 e. The minimum Gasteiger partial charge on any atom is -0.0944 e. The second-order valence-corrected chi connectivity index (χ2v) is 4.36. The first kappa shape index (κ1) is 9.90. The van der Waals surface area contributed by atoms with Gasteiger partial charge in [0, 0.05) is 11.5 Å². The minimum atomic E-state index is 0.583. The molecule has 1 aliphatic rings. The topological polar surface area (TPSA) is 0 Å². The fourth-order valence-corrected chi connectivity index (χ4v) is 1.57. The molecule has 0 spiro atoms. The predicted octanol–water partition coefficient (Wildman–Crippen LogP) is 4.06. The van der Waals surface area contributed by atoms with E-state index in [9.17, 15) is 0 Å². The Balaban J connectivity index is 2.35. The van der Waals surface area contributed by atoms with Crippen molar-refractivity contribution in [3.63, 3.8) is 0 Å². The molecule has 1 aliphatic carbocycles. The van der Waals surface area contributed by atoms with Crippen LogP contribution >= 0.6 is 23.2 Å². The van der Waals surface area contributed by atoms with Crippen molar-refractivity contribution < 1.29 is 0 Å². The van der Waals surface area contributed by atoms with Crippen LogP contribution in [0.1, 0.15) is 24.0 Å². The van der Waals surface area contributed by atoms with E-state index in [0.717, 1.165) is 11.1 Å². The zero-order valence-electron chi connectivity index (χ0n) is 7.90. The molecule has 1 fully saturated rings. The monoisotopic (exact) mass is 224 g/mol. The van der Waals surface area contributed by atoms with Gasteiger partial charge in [0.1, 0.15) is 0 Å². The van der Waals surface area contributed by atoms with Gasteiger partial charge >= 0.3 is 0 Å². The lowest BCUT2D eigenvalue weighted by atomic mass is 10.1. The normalized spacial score (nSPS) is 14.8. The summed E-state index contributed by atoms with van der Waals surface area (Å²) in [6, 6.07) is 3.88. The second-order valence-electron chi connectivity index (χ2n) is 3.60. The summed E-state index contributed by atoms with van der Waals surface area (Å²) in [5, 5.41) is 1.20. The molecule has 0 heterocycles. The molecule has 0 atom stereocenters. The number of aryl methyl sites for hydroxylation is 1. The Labute approximate surface area is 94.2 Å². The Morgan fingerprint density at radius 3 is 2.57 bits per heavy atom. The van der Waals surface area contributed by atoms with Crippen LogP contribution < -0.4 is 0 Å². The molecule has 0 aliphatic heterocycles. The number of benzene rings is 1. The van der Waals surface area contributed by atoms with E-state index in [1.54, 1.807) is 0 Å². The van der Waals surface area contributed by atoms with Gasteiger partial charge in [-0.3, -0.25) is 0 Å². The number of halogens is 2. The maximum atomic E-state index is 6.07. The fraction of sp³-hybridized carbons (Fsp3) is 0.333. The second kappa shape index (κ2) is 3.85. The van der Waals surface area contributed by atoms with E-state index in [1.807, 2.05) is 19.1 Å². The zero-order valence-corrected chi connectivity index (χ0v) is 9.41. The van der Waals surface area contributed by atoms with Crippen LogP contribution in [0.3, 0.4) is 0 Å². The lowest BCUT2D eigenvalue weighted by molar-refractivity contribution is 1.18. The number of rotatable bonds is 0. The lowest BCUT2D eigenvalue weighted by Crippen LogP contribution is -1.82. The van der Waals surface area contributed by atoms with Crippen molar-refractivity contribution in [1.29, 1.82) is 0 Å². The highest BCUT2D eigenvalue weighted by Crippen LogP contribution is 2.30. The number of hydrogen-bond acceptors (Lipinski definition) is 0. The van der Waals surface area contributed by atoms with Gasteiger partial charge in [-0.2, -0.15) is 0 Å². The van der Waals surface area contributed by atoms with Gasteiger partial charge in [-0.1, -0.05) is 41.1 Å². The van der Waals surface area contributed by atoms with Gasteiger partial charge in [0.2, 0.25) is 0 Å². The molecular formula is C12H10Cl2. The van der Waals surface area contributed by atoms with E-state index in [-0.39, 0.29) is 0 Å². The highest BCUT2D eigenvalue weighted by molar-refractivity contribution is 6.43. The molecule has 0 bridgehead atoms. The van der Waals surface area contributed by atoms with E-state index in [0.29, 0.717) is 16.0 Å². The molecule has 0 amide bonds. The Morgan fingerprint density at radius 2 is 1.93 bits per heavy atom. The van der Waals surface area contributed by atoms with Gasteiger partial charge in [0.05, 0.1) is 10.0 Å². The van der Waals surface area contributed by atoms with E-state index in [4.69, 9.17) is 23.2 Å². The van der Waals surface area contributed by atoms with Crippen molar-refractivity contribution >= 4 is 23.2 Å². The van der Waals surface area contributed by atoms with Crippen molar-refractivity contribution in [2.24, 2.45) is 5.92 Å². The van der Waals surface area contributed by atoms with Gasteiger partial charge in [-0.25, -0.2) is 0 Å². The molecule has 72 valence electrons. The Bertz CT molecular complexity index is 420. The molecule has 1 aromatic carbocycles. The number of hydrogen-bond donors (Lipinski definition) is 0. The third kappa shape index (κ3) is 2.05. The van der Waals surface area contributed by atoms with Crippen LogP contribution in [0.2, 0.25) is 10.0 Å². The molecule has 0 saturated heterocycles. The molecule has 0 radical (unpaired) electrons. The van der Waals surface area contributed by atoms with Crippen LogP contribution in [-0.2, 0) is 0 Å². The van der Waals surface area contributed by atoms with Crippen molar-refractivity contribution in [2.75, 3.05) is 0 Å². The van der Waals surface area contributed by atoms with Gasteiger partial charge in [0.25, 0.3) is 0 Å². The highest BCUT2D eigenvalue weighted by atomic mass is 35.5. The maximum absolute atomic E-state index is 6.07. The summed E-state index contributed by atoms with van der Waals surface area (Å²) in [5.41, 5.74) is 1.84. The summed E-state index contributed by atoms with van der Waals surface area (Å²) in [6.45, 7) is 1.94. The maximum Gasteiger partial charge on any atom is 0.0751 e. The summed E-state index contributed by atoms with van der Waals surface area (Å²) in [7, 11) is 0. The SMILES string of the molecule is Cc1ccc(C#CC2CC2)c(Cl)c1Cl. The Kier molecular flexibility index (Phi) is 2.72. The van der Waals surface area contributed by atoms with Gasteiger partial charge in [-0.05, 0) is 31.4 Å². The average molecular weight is 225 g/mol. The Morgan fingerprint density at radius 1 is 1.21 bits per heavy atom. The van der Waals surface area contributed by atoms with Gasteiger partial charge < -0.3 is 0 Å². The lowest BCUT2D eigenvalue weighted by Gasteiger charge is -2.01. The van der Waals surface area contributed by atoms with Gasteiger partial charge in [0.15, 0.2) is 0 Å². The average Bonchev–Trinajstić information content (AvgIpc) is 2.97. The third-order valence-corrected chi connectivity index (χ3v) is 3.24. The largest absolute Gasteiger partial charge is 0.0944 e. The quantitative estimate of drug-likeness (QED) is 0.584. The summed E-state index contributed by atoms with van der Waals surface area (Å²) < 4.78 is 0. The summed E-state index contributed by atoms with van der Waals surface area (Å²) in [4.78, 5) is 0. The summed E-state index contributed by atoms with van der Waals surface area (Å²) in [6.07, 6.45) is 2.45. The van der Waals surface area contributed by atoms with Crippen molar-refractivity contribution in [2.45, 2.75) is 19.8 Å². The Hall–Kier alpha value is -0.640. The first-order chi connectivity index (χ1) is 6.68. The van der Waals surface area contributed by atoms with E-state index >= 15 is 0 Å². The molecule has 0 nitrogen and oxygen atoms in total. The molecule has 2 rings (SSSR count). The standard InChI is InChI=1S/C12H10Cl2/c1-8-2-6-10(12(14)11(8)13)7-5-9-3-4-9/h2,6,9H,3-4H2,1H3. The van der Waals surface area contributed by atoms with Crippen LogP contribution in [0.5, 0.6) is 0 Å². The first-order valence-corrected chi connectivity index (χ1v) is 5.40. The molecule has 14 heavy (non-hydrogen) atoms. The van der Waals surface area contributed by atoms with Crippen molar-refractivity contribution in [3.8, 4) is 11.8 Å². The molecular weight excluding hydrogens is 215 g/mol. The molecule has 1 aromatic rings. The van der Waals surface area contributed by atoms with Crippen LogP contribution in [-0.4, -0.2) is 0 Å². The fourth-order valence-electron chi connectivity index (χ4n) is 1.15. The van der Waals surface area contributed by atoms with Gasteiger partial charge in [-0.15, -0.1) is 0 Å². The third-order valence-electron chi connectivity index (χ3n) is 2.26. The molecule has 0 N–H and O–H groups in total. The zero-order chi connectivity index (χ0) is 10.1. The van der Waals surface area contributed by atoms with Crippen LogP contribution in [0.4, 0.5) is 0 Å². The molecule has 1 saturated carbocycles. The van der Waals surface area contributed by atoms with Crippen LogP contribution in [0.15, 0.2) is 12.1 Å².